The van der Waals surface area contributed by atoms with Gasteiger partial charge in [0.2, 0.25) is 0 Å². The predicted octanol–water partition coefficient (Wildman–Crippen LogP) is 4.92. The molecular weight excluding hydrogens is 350 g/mol. The third-order valence-electron chi connectivity index (χ3n) is 3.96. The number of amides is 2. The first-order valence-corrected chi connectivity index (χ1v) is 8.16. The molecule has 0 saturated heterocycles. The molecular formula is C20H14F2N4O. The highest BCUT2D eigenvalue weighted by Crippen LogP contribution is 2.23. The van der Waals surface area contributed by atoms with E-state index in [-0.39, 0.29) is 5.69 Å². The summed E-state index contributed by atoms with van der Waals surface area (Å²) in [5.41, 5.74) is 2.81. The molecule has 0 spiro atoms. The van der Waals surface area contributed by atoms with Crippen LogP contribution in [0.4, 0.5) is 25.0 Å². The molecule has 2 N–H and O–H groups in total. The molecule has 27 heavy (non-hydrogen) atoms. The first-order valence-electron chi connectivity index (χ1n) is 8.16. The van der Waals surface area contributed by atoms with Gasteiger partial charge < -0.3 is 15.0 Å². The number of hydrogen-bond acceptors (Lipinski definition) is 2. The molecule has 2 heterocycles. The fraction of sp³-hybridized carbons (Fsp3) is 0. The number of fused-ring (bicyclic) bond motifs is 1. The minimum atomic E-state index is -0.844. The summed E-state index contributed by atoms with van der Waals surface area (Å²) in [4.78, 5) is 16.6. The van der Waals surface area contributed by atoms with E-state index in [0.29, 0.717) is 11.8 Å². The van der Waals surface area contributed by atoms with Crippen molar-refractivity contribution in [2.75, 3.05) is 10.6 Å². The van der Waals surface area contributed by atoms with E-state index < -0.39 is 17.7 Å². The Balaban J connectivity index is 1.53. The number of nitrogens with zero attached hydrogens (tertiary/aromatic N) is 2. The number of imidazole rings is 1. The summed E-state index contributed by atoms with van der Waals surface area (Å²) in [5, 5.41) is 4.99. The molecule has 0 atom stereocenters. The number of halogens is 2. The molecule has 0 aliphatic heterocycles. The second kappa shape index (κ2) is 6.87. The number of anilines is 2. The Labute approximate surface area is 153 Å². The van der Waals surface area contributed by atoms with Gasteiger partial charge >= 0.3 is 6.03 Å². The van der Waals surface area contributed by atoms with Crippen LogP contribution in [-0.4, -0.2) is 15.4 Å². The van der Waals surface area contributed by atoms with Crippen LogP contribution in [0.2, 0.25) is 0 Å². The average Bonchev–Trinajstić information content (AvgIpc) is 3.08. The van der Waals surface area contributed by atoms with Crippen LogP contribution >= 0.6 is 0 Å². The summed E-state index contributed by atoms with van der Waals surface area (Å²) in [6.07, 6.45) is 3.79. The van der Waals surface area contributed by atoms with E-state index in [1.807, 2.05) is 41.1 Å². The largest absolute Gasteiger partial charge is 0.323 e. The molecule has 0 radical (unpaired) electrons. The van der Waals surface area contributed by atoms with E-state index in [1.54, 1.807) is 18.2 Å². The molecule has 2 aromatic carbocycles. The van der Waals surface area contributed by atoms with E-state index in [9.17, 15) is 13.6 Å². The van der Waals surface area contributed by atoms with Crippen LogP contribution in [-0.2, 0) is 0 Å². The van der Waals surface area contributed by atoms with Crippen molar-refractivity contribution < 1.29 is 13.6 Å². The second-order valence-corrected chi connectivity index (χ2v) is 5.88. The first-order chi connectivity index (χ1) is 13.1. The summed E-state index contributed by atoms with van der Waals surface area (Å²) >= 11 is 0. The number of urea groups is 1. The Hall–Kier alpha value is -3.74. The minimum Gasteiger partial charge on any atom is -0.308 e. The standard InChI is InChI=1S/C20H14F2N4O/c21-14-7-8-17(16(22)11-14)25-20(27)23-15-5-3-4-13(10-15)18-12-26-9-2-1-6-19(26)24-18/h1-12H,(H2,23,25,27). The number of carbonyl (C=O) groups excluding carboxylic acids is 1. The number of benzene rings is 2. The van der Waals surface area contributed by atoms with E-state index >= 15 is 0 Å². The highest BCUT2D eigenvalue weighted by atomic mass is 19.1. The molecule has 2 aromatic heterocycles. The van der Waals surface area contributed by atoms with Gasteiger partial charge in [-0.3, -0.25) is 0 Å². The van der Waals surface area contributed by atoms with Gasteiger partial charge in [-0.2, -0.15) is 0 Å². The zero-order valence-electron chi connectivity index (χ0n) is 14.0. The molecule has 2 amide bonds. The lowest BCUT2D eigenvalue weighted by molar-refractivity contribution is 0.262. The van der Waals surface area contributed by atoms with Crippen LogP contribution in [0.1, 0.15) is 0 Å². The fourth-order valence-electron chi connectivity index (χ4n) is 2.71. The Morgan fingerprint density at radius 3 is 2.67 bits per heavy atom. The molecule has 5 nitrogen and oxygen atoms in total. The Kier molecular flexibility index (Phi) is 4.25. The molecule has 0 saturated carbocycles. The van der Waals surface area contributed by atoms with Crippen LogP contribution < -0.4 is 10.6 Å². The summed E-state index contributed by atoms with van der Waals surface area (Å²) < 4.78 is 28.5. The summed E-state index contributed by atoms with van der Waals surface area (Å²) in [5.74, 6) is -1.55. The van der Waals surface area contributed by atoms with Crippen molar-refractivity contribution in [3.8, 4) is 11.3 Å². The zero-order chi connectivity index (χ0) is 18.8. The van der Waals surface area contributed by atoms with Crippen molar-refractivity contribution in [3.05, 3.63) is 84.7 Å². The quantitative estimate of drug-likeness (QED) is 0.542. The number of nitrogens with one attached hydrogen (secondary N) is 2. The second-order valence-electron chi connectivity index (χ2n) is 5.88. The molecule has 0 aliphatic carbocycles. The van der Waals surface area contributed by atoms with Gasteiger partial charge in [-0.1, -0.05) is 18.2 Å². The fourth-order valence-corrected chi connectivity index (χ4v) is 2.71. The number of rotatable bonds is 3. The maximum Gasteiger partial charge on any atom is 0.323 e. The molecule has 0 bridgehead atoms. The predicted molar refractivity (Wildman–Crippen MR) is 99.6 cm³/mol. The van der Waals surface area contributed by atoms with Gasteiger partial charge in [0, 0.05) is 29.7 Å². The summed E-state index contributed by atoms with van der Waals surface area (Å²) in [7, 11) is 0. The van der Waals surface area contributed by atoms with Gasteiger partial charge in [-0.15, -0.1) is 0 Å². The van der Waals surface area contributed by atoms with Gasteiger partial charge in [0.1, 0.15) is 17.3 Å². The first kappa shape index (κ1) is 16.7. The van der Waals surface area contributed by atoms with Crippen LogP contribution in [0.3, 0.4) is 0 Å². The van der Waals surface area contributed by atoms with Crippen molar-refractivity contribution in [1.82, 2.24) is 9.38 Å². The Bertz CT molecular complexity index is 1110. The smallest absolute Gasteiger partial charge is 0.308 e. The van der Waals surface area contributed by atoms with E-state index in [1.165, 1.54) is 0 Å². The minimum absolute atomic E-state index is 0.106. The lowest BCUT2D eigenvalue weighted by atomic mass is 10.1. The Morgan fingerprint density at radius 1 is 0.963 bits per heavy atom. The van der Waals surface area contributed by atoms with Gasteiger partial charge in [0.15, 0.2) is 0 Å². The number of hydrogen-bond donors (Lipinski definition) is 2. The lowest BCUT2D eigenvalue weighted by Crippen LogP contribution is -2.20. The monoisotopic (exact) mass is 364 g/mol. The molecule has 4 rings (SSSR count). The molecule has 0 unspecified atom stereocenters. The van der Waals surface area contributed by atoms with Crippen molar-refractivity contribution >= 4 is 23.1 Å². The van der Waals surface area contributed by atoms with Gasteiger partial charge in [-0.25, -0.2) is 18.6 Å². The number of aromatic nitrogens is 2. The third kappa shape index (κ3) is 3.62. The van der Waals surface area contributed by atoms with Crippen LogP contribution in [0.25, 0.3) is 16.9 Å². The van der Waals surface area contributed by atoms with Crippen molar-refractivity contribution in [2.24, 2.45) is 0 Å². The number of pyridine rings is 1. The number of carbonyl (C=O) groups is 1. The van der Waals surface area contributed by atoms with Gasteiger partial charge in [-0.05, 0) is 36.4 Å². The Morgan fingerprint density at radius 2 is 1.85 bits per heavy atom. The zero-order valence-corrected chi connectivity index (χ0v) is 14.0. The van der Waals surface area contributed by atoms with Crippen LogP contribution in [0.15, 0.2) is 73.1 Å². The maximum absolute atomic E-state index is 13.6. The topological polar surface area (TPSA) is 58.4 Å². The normalized spacial score (nSPS) is 10.7. The molecule has 0 fully saturated rings. The lowest BCUT2D eigenvalue weighted by Gasteiger charge is -2.09. The molecule has 4 aromatic rings. The van der Waals surface area contributed by atoms with E-state index in [0.717, 1.165) is 29.0 Å². The molecule has 7 heteroatoms. The van der Waals surface area contributed by atoms with E-state index in [4.69, 9.17) is 0 Å². The van der Waals surface area contributed by atoms with Gasteiger partial charge in [0.25, 0.3) is 0 Å². The van der Waals surface area contributed by atoms with Crippen LogP contribution in [0, 0.1) is 11.6 Å². The highest BCUT2D eigenvalue weighted by Gasteiger charge is 2.09. The van der Waals surface area contributed by atoms with E-state index in [2.05, 4.69) is 15.6 Å². The molecule has 134 valence electrons. The SMILES string of the molecule is O=C(Nc1cccc(-c2cn3ccccc3n2)c1)Nc1ccc(F)cc1F. The van der Waals surface area contributed by atoms with Crippen molar-refractivity contribution in [1.29, 1.82) is 0 Å². The maximum atomic E-state index is 13.6. The highest BCUT2D eigenvalue weighted by molar-refractivity contribution is 6.00. The average molecular weight is 364 g/mol. The molecule has 0 aliphatic rings. The van der Waals surface area contributed by atoms with Crippen molar-refractivity contribution in [2.45, 2.75) is 0 Å². The third-order valence-corrected chi connectivity index (χ3v) is 3.96. The van der Waals surface area contributed by atoms with Crippen LogP contribution in [0.5, 0.6) is 0 Å². The van der Waals surface area contributed by atoms with Gasteiger partial charge in [0.05, 0.1) is 11.4 Å². The van der Waals surface area contributed by atoms with Crippen molar-refractivity contribution in [3.63, 3.8) is 0 Å². The summed E-state index contributed by atoms with van der Waals surface area (Å²) in [6, 6.07) is 15.2. The summed E-state index contributed by atoms with van der Waals surface area (Å²) in [6.45, 7) is 0.